The predicted octanol–water partition coefficient (Wildman–Crippen LogP) is 2.71. The molecule has 2 rings (SSSR count). The summed E-state index contributed by atoms with van der Waals surface area (Å²) in [5.74, 6) is 1.85. The van der Waals surface area contributed by atoms with E-state index in [4.69, 9.17) is 0 Å². The van der Waals surface area contributed by atoms with Crippen molar-refractivity contribution in [3.8, 4) is 0 Å². The van der Waals surface area contributed by atoms with Crippen LogP contribution in [0, 0.1) is 11.8 Å². The fraction of sp³-hybridized carbons (Fsp3) is 0.727. The molecule has 0 aliphatic heterocycles. The van der Waals surface area contributed by atoms with Crippen molar-refractivity contribution in [2.24, 2.45) is 11.8 Å². The summed E-state index contributed by atoms with van der Waals surface area (Å²) in [5.41, 5.74) is 1.17. The molecule has 0 saturated heterocycles. The summed E-state index contributed by atoms with van der Waals surface area (Å²) in [4.78, 5) is 11.5. The molecule has 0 spiro atoms. The molecular weight excluding hydrogens is 148 g/mol. The van der Waals surface area contributed by atoms with Crippen LogP contribution in [-0.2, 0) is 4.79 Å². The van der Waals surface area contributed by atoms with Crippen LogP contribution in [0.4, 0.5) is 0 Å². The molecule has 1 nitrogen and oxygen atoms in total. The van der Waals surface area contributed by atoms with Crippen molar-refractivity contribution in [3.63, 3.8) is 0 Å². The molecule has 0 amide bonds. The first kappa shape index (κ1) is 8.03. The molecule has 0 radical (unpaired) electrons. The molecule has 2 unspecified atom stereocenters. The number of hydrogen-bond donors (Lipinski definition) is 0. The third-order valence-electron chi connectivity index (χ3n) is 3.15. The van der Waals surface area contributed by atoms with Gasteiger partial charge >= 0.3 is 0 Å². The molecule has 0 N–H and O–H groups in total. The number of rotatable bonds is 0. The minimum absolute atomic E-state index is 0.429. The van der Waals surface area contributed by atoms with Gasteiger partial charge in [0.05, 0.1) is 0 Å². The summed E-state index contributed by atoms with van der Waals surface area (Å²) in [6.07, 6.45) is 7.74. The standard InChI is InChI=1S/C11H16O/c1-8-5-6-10-9(7-8)3-2-4-11(10)12/h6,8-9H,2-5,7H2,1H3. The minimum Gasteiger partial charge on any atom is -0.295 e. The maximum atomic E-state index is 11.5. The fourth-order valence-corrected chi connectivity index (χ4v) is 2.47. The Morgan fingerprint density at radius 1 is 1.50 bits per heavy atom. The van der Waals surface area contributed by atoms with E-state index in [1.54, 1.807) is 0 Å². The highest BCUT2D eigenvalue weighted by Crippen LogP contribution is 2.36. The minimum atomic E-state index is 0.429. The zero-order chi connectivity index (χ0) is 8.55. The number of carbonyl (C=O) groups is 1. The van der Waals surface area contributed by atoms with E-state index in [-0.39, 0.29) is 0 Å². The van der Waals surface area contributed by atoms with Crippen molar-refractivity contribution < 1.29 is 4.79 Å². The monoisotopic (exact) mass is 164 g/mol. The summed E-state index contributed by atoms with van der Waals surface area (Å²) < 4.78 is 0. The van der Waals surface area contributed by atoms with E-state index >= 15 is 0 Å². The van der Waals surface area contributed by atoms with Crippen LogP contribution in [-0.4, -0.2) is 5.78 Å². The predicted molar refractivity (Wildman–Crippen MR) is 48.8 cm³/mol. The van der Waals surface area contributed by atoms with Gasteiger partial charge in [-0.1, -0.05) is 13.0 Å². The lowest BCUT2D eigenvalue weighted by atomic mass is 9.74. The third-order valence-corrected chi connectivity index (χ3v) is 3.15. The Morgan fingerprint density at radius 3 is 3.17 bits per heavy atom. The van der Waals surface area contributed by atoms with Gasteiger partial charge in [0.25, 0.3) is 0 Å². The van der Waals surface area contributed by atoms with Crippen LogP contribution in [0.1, 0.15) is 39.0 Å². The molecule has 66 valence electrons. The van der Waals surface area contributed by atoms with Gasteiger partial charge in [-0.25, -0.2) is 0 Å². The zero-order valence-electron chi connectivity index (χ0n) is 7.68. The van der Waals surface area contributed by atoms with Gasteiger partial charge in [-0.15, -0.1) is 0 Å². The number of hydrogen-bond acceptors (Lipinski definition) is 1. The first-order chi connectivity index (χ1) is 5.77. The second-order valence-electron chi connectivity index (χ2n) is 4.25. The van der Waals surface area contributed by atoms with Crippen molar-refractivity contribution in [2.45, 2.75) is 39.0 Å². The number of ketones is 1. The summed E-state index contributed by atoms with van der Waals surface area (Å²) in [6.45, 7) is 2.28. The summed E-state index contributed by atoms with van der Waals surface area (Å²) in [5, 5.41) is 0. The van der Waals surface area contributed by atoms with Crippen molar-refractivity contribution in [1.82, 2.24) is 0 Å². The number of Topliss-reactive ketones (excluding diaryl/α,β-unsaturated/α-hetero) is 1. The summed E-state index contributed by atoms with van der Waals surface area (Å²) in [7, 11) is 0. The van der Waals surface area contributed by atoms with Gasteiger partial charge < -0.3 is 0 Å². The maximum Gasteiger partial charge on any atom is 0.158 e. The average molecular weight is 164 g/mol. The number of carbonyl (C=O) groups excluding carboxylic acids is 1. The molecule has 0 bridgehead atoms. The molecule has 2 aliphatic carbocycles. The molecule has 12 heavy (non-hydrogen) atoms. The largest absolute Gasteiger partial charge is 0.295 e. The lowest BCUT2D eigenvalue weighted by Gasteiger charge is -2.30. The van der Waals surface area contributed by atoms with E-state index in [1.165, 1.54) is 18.4 Å². The normalized spacial score (nSPS) is 35.8. The van der Waals surface area contributed by atoms with E-state index in [0.717, 1.165) is 25.2 Å². The molecular formula is C11H16O. The molecule has 1 heteroatoms. The zero-order valence-corrected chi connectivity index (χ0v) is 7.68. The SMILES string of the molecule is CC1CC=C2C(=O)CCCC2C1. The summed E-state index contributed by atoms with van der Waals surface area (Å²) >= 11 is 0. The number of allylic oxidation sites excluding steroid dienone is 2. The second kappa shape index (κ2) is 3.04. The lowest BCUT2D eigenvalue weighted by molar-refractivity contribution is -0.117. The molecule has 0 aromatic rings. The van der Waals surface area contributed by atoms with E-state index in [2.05, 4.69) is 13.0 Å². The molecule has 2 atom stereocenters. The first-order valence-corrected chi connectivity index (χ1v) is 5.00. The van der Waals surface area contributed by atoms with Crippen molar-refractivity contribution >= 4 is 5.78 Å². The van der Waals surface area contributed by atoms with Crippen LogP contribution in [0.15, 0.2) is 11.6 Å². The average Bonchev–Trinajstić information content (AvgIpc) is 2.04. The molecule has 0 aromatic carbocycles. The van der Waals surface area contributed by atoms with Crippen LogP contribution >= 0.6 is 0 Å². The van der Waals surface area contributed by atoms with Gasteiger partial charge in [0, 0.05) is 6.42 Å². The van der Waals surface area contributed by atoms with Crippen LogP contribution in [0.2, 0.25) is 0 Å². The van der Waals surface area contributed by atoms with Gasteiger partial charge in [0.1, 0.15) is 0 Å². The lowest BCUT2D eigenvalue weighted by Crippen LogP contribution is -2.24. The van der Waals surface area contributed by atoms with E-state index in [9.17, 15) is 4.79 Å². The Bertz CT molecular complexity index is 227. The Morgan fingerprint density at radius 2 is 2.33 bits per heavy atom. The van der Waals surface area contributed by atoms with Gasteiger partial charge in [-0.05, 0) is 43.1 Å². The van der Waals surface area contributed by atoms with E-state index in [1.807, 2.05) is 0 Å². The molecule has 2 aliphatic rings. The van der Waals surface area contributed by atoms with Crippen LogP contribution in [0.25, 0.3) is 0 Å². The van der Waals surface area contributed by atoms with Crippen molar-refractivity contribution in [3.05, 3.63) is 11.6 Å². The van der Waals surface area contributed by atoms with Gasteiger partial charge in [0.2, 0.25) is 0 Å². The first-order valence-electron chi connectivity index (χ1n) is 5.00. The van der Waals surface area contributed by atoms with Crippen LogP contribution in [0.3, 0.4) is 0 Å². The summed E-state index contributed by atoms with van der Waals surface area (Å²) in [6, 6.07) is 0. The molecule has 0 aromatic heterocycles. The van der Waals surface area contributed by atoms with Crippen LogP contribution in [0.5, 0.6) is 0 Å². The maximum absolute atomic E-state index is 11.5. The highest BCUT2D eigenvalue weighted by atomic mass is 16.1. The van der Waals surface area contributed by atoms with Crippen molar-refractivity contribution in [2.75, 3.05) is 0 Å². The Hall–Kier alpha value is -0.590. The topological polar surface area (TPSA) is 17.1 Å². The van der Waals surface area contributed by atoms with E-state index in [0.29, 0.717) is 11.7 Å². The third kappa shape index (κ3) is 1.33. The molecule has 1 saturated carbocycles. The smallest absolute Gasteiger partial charge is 0.158 e. The molecule has 0 heterocycles. The highest BCUT2D eigenvalue weighted by molar-refractivity contribution is 5.96. The number of fused-ring (bicyclic) bond motifs is 1. The van der Waals surface area contributed by atoms with Gasteiger partial charge in [-0.3, -0.25) is 4.79 Å². The van der Waals surface area contributed by atoms with E-state index < -0.39 is 0 Å². The Labute approximate surface area is 73.8 Å². The Balaban J connectivity index is 2.19. The molecule has 1 fully saturated rings. The quantitative estimate of drug-likeness (QED) is 0.538. The van der Waals surface area contributed by atoms with Gasteiger partial charge in [-0.2, -0.15) is 0 Å². The fourth-order valence-electron chi connectivity index (χ4n) is 2.47. The Kier molecular flexibility index (Phi) is 2.03. The van der Waals surface area contributed by atoms with Gasteiger partial charge in [0.15, 0.2) is 5.78 Å². The second-order valence-corrected chi connectivity index (χ2v) is 4.25. The highest BCUT2D eigenvalue weighted by Gasteiger charge is 2.29. The van der Waals surface area contributed by atoms with Crippen molar-refractivity contribution in [1.29, 1.82) is 0 Å². The van der Waals surface area contributed by atoms with Crippen LogP contribution < -0.4 is 0 Å².